The first-order chi connectivity index (χ1) is 9.20. The Hall–Kier alpha value is -1.32. The highest BCUT2D eigenvalue weighted by atomic mass is 79.9. The molecular formula is C16H18BrNO. The SMILES string of the molecule is Cc1ccccc1COc1ccc(Br)c(CCN)c1. The fourth-order valence-electron chi connectivity index (χ4n) is 1.92. The van der Waals surface area contributed by atoms with Crippen molar-refractivity contribution in [2.45, 2.75) is 20.0 Å². The molecule has 0 atom stereocenters. The third-order valence-corrected chi connectivity index (χ3v) is 3.86. The zero-order valence-electron chi connectivity index (χ0n) is 11.0. The summed E-state index contributed by atoms with van der Waals surface area (Å²) in [5, 5.41) is 0. The molecule has 0 aliphatic heterocycles. The summed E-state index contributed by atoms with van der Waals surface area (Å²) in [6.07, 6.45) is 0.849. The van der Waals surface area contributed by atoms with Crippen LogP contribution >= 0.6 is 15.9 Å². The number of benzene rings is 2. The minimum Gasteiger partial charge on any atom is -0.489 e. The van der Waals surface area contributed by atoms with Gasteiger partial charge in [0, 0.05) is 4.47 Å². The summed E-state index contributed by atoms with van der Waals surface area (Å²) in [5.41, 5.74) is 9.25. The van der Waals surface area contributed by atoms with Crippen molar-refractivity contribution in [2.75, 3.05) is 6.54 Å². The molecule has 0 aromatic heterocycles. The Morgan fingerprint density at radius 3 is 2.63 bits per heavy atom. The molecular weight excluding hydrogens is 302 g/mol. The van der Waals surface area contributed by atoms with Crippen LogP contribution in [-0.2, 0) is 13.0 Å². The average Bonchev–Trinajstić information content (AvgIpc) is 2.41. The standard InChI is InChI=1S/C16H18BrNO/c1-12-4-2-3-5-14(12)11-19-15-6-7-16(17)13(10-15)8-9-18/h2-7,10H,8-9,11,18H2,1H3. The van der Waals surface area contributed by atoms with Crippen molar-refractivity contribution in [3.05, 3.63) is 63.6 Å². The van der Waals surface area contributed by atoms with Crippen LogP contribution in [0.2, 0.25) is 0 Å². The number of ether oxygens (including phenoxy) is 1. The number of hydrogen-bond donors (Lipinski definition) is 1. The van der Waals surface area contributed by atoms with Crippen LogP contribution in [0.1, 0.15) is 16.7 Å². The maximum atomic E-state index is 5.85. The van der Waals surface area contributed by atoms with Gasteiger partial charge < -0.3 is 10.5 Å². The molecule has 2 aromatic carbocycles. The van der Waals surface area contributed by atoms with E-state index in [2.05, 4.69) is 41.1 Å². The minimum absolute atomic E-state index is 0.594. The van der Waals surface area contributed by atoms with Crippen LogP contribution in [0.25, 0.3) is 0 Å². The molecule has 3 heteroatoms. The second-order valence-corrected chi connectivity index (χ2v) is 5.36. The van der Waals surface area contributed by atoms with Crippen LogP contribution in [0.5, 0.6) is 5.75 Å². The Morgan fingerprint density at radius 1 is 1.11 bits per heavy atom. The summed E-state index contributed by atoms with van der Waals surface area (Å²) in [5.74, 6) is 0.884. The monoisotopic (exact) mass is 319 g/mol. The first kappa shape index (κ1) is 14.1. The number of aryl methyl sites for hydroxylation is 1. The number of hydrogen-bond acceptors (Lipinski definition) is 2. The Balaban J connectivity index is 2.07. The molecule has 0 amide bonds. The lowest BCUT2D eigenvalue weighted by Gasteiger charge is -2.11. The van der Waals surface area contributed by atoms with Gasteiger partial charge in [0.1, 0.15) is 12.4 Å². The van der Waals surface area contributed by atoms with Gasteiger partial charge in [0.15, 0.2) is 0 Å². The first-order valence-electron chi connectivity index (χ1n) is 6.36. The first-order valence-corrected chi connectivity index (χ1v) is 7.16. The molecule has 100 valence electrons. The zero-order chi connectivity index (χ0) is 13.7. The van der Waals surface area contributed by atoms with Crippen LogP contribution in [-0.4, -0.2) is 6.54 Å². The van der Waals surface area contributed by atoms with E-state index in [4.69, 9.17) is 10.5 Å². The van der Waals surface area contributed by atoms with Crippen molar-refractivity contribution >= 4 is 15.9 Å². The van der Waals surface area contributed by atoms with Gasteiger partial charge in [-0.05, 0) is 54.8 Å². The summed E-state index contributed by atoms with van der Waals surface area (Å²) in [7, 11) is 0. The number of nitrogens with two attached hydrogens (primary N) is 1. The van der Waals surface area contributed by atoms with E-state index >= 15 is 0 Å². The van der Waals surface area contributed by atoms with Gasteiger partial charge in [-0.25, -0.2) is 0 Å². The molecule has 2 N–H and O–H groups in total. The molecule has 2 rings (SSSR count). The molecule has 2 nitrogen and oxygen atoms in total. The maximum Gasteiger partial charge on any atom is 0.120 e. The van der Waals surface area contributed by atoms with Gasteiger partial charge in [0.25, 0.3) is 0 Å². The molecule has 0 saturated heterocycles. The number of rotatable bonds is 5. The molecule has 0 spiro atoms. The van der Waals surface area contributed by atoms with Gasteiger partial charge in [-0.15, -0.1) is 0 Å². The number of halogens is 1. The van der Waals surface area contributed by atoms with Crippen molar-refractivity contribution in [3.8, 4) is 5.75 Å². The molecule has 0 aliphatic rings. The average molecular weight is 320 g/mol. The van der Waals surface area contributed by atoms with Crippen molar-refractivity contribution in [1.82, 2.24) is 0 Å². The summed E-state index contributed by atoms with van der Waals surface area (Å²) in [6.45, 7) is 3.33. The Bertz CT molecular complexity index is 554. The highest BCUT2D eigenvalue weighted by Crippen LogP contribution is 2.23. The van der Waals surface area contributed by atoms with Crippen molar-refractivity contribution in [3.63, 3.8) is 0 Å². The van der Waals surface area contributed by atoms with Crippen LogP contribution in [0.4, 0.5) is 0 Å². The normalized spacial score (nSPS) is 10.5. The van der Waals surface area contributed by atoms with Crippen LogP contribution < -0.4 is 10.5 Å². The predicted octanol–water partition coefficient (Wildman–Crippen LogP) is 3.84. The van der Waals surface area contributed by atoms with Gasteiger partial charge in [-0.2, -0.15) is 0 Å². The molecule has 0 aliphatic carbocycles. The highest BCUT2D eigenvalue weighted by Gasteiger charge is 2.03. The summed E-state index contributed by atoms with van der Waals surface area (Å²) in [6, 6.07) is 14.3. The lowest BCUT2D eigenvalue weighted by atomic mass is 10.1. The van der Waals surface area contributed by atoms with E-state index in [1.165, 1.54) is 16.7 Å². The third kappa shape index (κ3) is 3.82. The van der Waals surface area contributed by atoms with Gasteiger partial charge in [0.05, 0.1) is 0 Å². The summed E-state index contributed by atoms with van der Waals surface area (Å²) < 4.78 is 6.94. The van der Waals surface area contributed by atoms with Gasteiger partial charge in [0.2, 0.25) is 0 Å². The molecule has 19 heavy (non-hydrogen) atoms. The molecule has 2 aromatic rings. The molecule has 0 unspecified atom stereocenters. The van der Waals surface area contributed by atoms with Gasteiger partial charge in [-0.1, -0.05) is 40.2 Å². The second kappa shape index (κ2) is 6.73. The zero-order valence-corrected chi connectivity index (χ0v) is 12.6. The van der Waals surface area contributed by atoms with E-state index in [0.29, 0.717) is 13.2 Å². The topological polar surface area (TPSA) is 35.2 Å². The van der Waals surface area contributed by atoms with E-state index in [1.807, 2.05) is 24.3 Å². The fourth-order valence-corrected chi connectivity index (χ4v) is 2.37. The van der Waals surface area contributed by atoms with Crippen LogP contribution in [0.15, 0.2) is 46.9 Å². The molecule has 0 heterocycles. The second-order valence-electron chi connectivity index (χ2n) is 4.51. The van der Waals surface area contributed by atoms with Crippen LogP contribution in [0.3, 0.4) is 0 Å². The molecule has 0 radical (unpaired) electrons. The van der Waals surface area contributed by atoms with E-state index < -0.39 is 0 Å². The quantitative estimate of drug-likeness (QED) is 0.908. The molecule has 0 bridgehead atoms. The summed E-state index contributed by atoms with van der Waals surface area (Å²) in [4.78, 5) is 0. The lowest BCUT2D eigenvalue weighted by molar-refractivity contribution is 0.305. The van der Waals surface area contributed by atoms with E-state index in [9.17, 15) is 0 Å². The van der Waals surface area contributed by atoms with Crippen molar-refractivity contribution in [2.24, 2.45) is 5.73 Å². The van der Waals surface area contributed by atoms with Crippen LogP contribution in [0, 0.1) is 6.92 Å². The Kier molecular flexibility index (Phi) is 5.00. The van der Waals surface area contributed by atoms with Crippen molar-refractivity contribution in [1.29, 1.82) is 0 Å². The largest absolute Gasteiger partial charge is 0.489 e. The predicted molar refractivity (Wildman–Crippen MR) is 82.4 cm³/mol. The molecule has 0 saturated carbocycles. The van der Waals surface area contributed by atoms with Gasteiger partial charge >= 0.3 is 0 Å². The Morgan fingerprint density at radius 2 is 1.89 bits per heavy atom. The summed E-state index contributed by atoms with van der Waals surface area (Å²) >= 11 is 3.53. The van der Waals surface area contributed by atoms with Gasteiger partial charge in [-0.3, -0.25) is 0 Å². The van der Waals surface area contributed by atoms with E-state index in [-0.39, 0.29) is 0 Å². The highest BCUT2D eigenvalue weighted by molar-refractivity contribution is 9.10. The maximum absolute atomic E-state index is 5.85. The Labute approximate surface area is 122 Å². The smallest absolute Gasteiger partial charge is 0.120 e. The third-order valence-electron chi connectivity index (χ3n) is 3.09. The molecule has 0 fully saturated rings. The van der Waals surface area contributed by atoms with Crippen molar-refractivity contribution < 1.29 is 4.74 Å². The minimum atomic E-state index is 0.594. The lowest BCUT2D eigenvalue weighted by Crippen LogP contribution is -2.04. The fraction of sp³-hybridized carbons (Fsp3) is 0.250. The van der Waals surface area contributed by atoms with E-state index in [1.54, 1.807) is 0 Å². The van der Waals surface area contributed by atoms with E-state index in [0.717, 1.165) is 16.6 Å².